The zero-order valence-electron chi connectivity index (χ0n) is 11.4. The fourth-order valence-corrected chi connectivity index (χ4v) is 2.10. The van der Waals surface area contributed by atoms with Gasteiger partial charge in [0, 0.05) is 18.0 Å². The first-order valence-corrected chi connectivity index (χ1v) is 6.36. The van der Waals surface area contributed by atoms with Crippen molar-refractivity contribution in [3.63, 3.8) is 0 Å². The van der Waals surface area contributed by atoms with Crippen LogP contribution in [0.5, 0.6) is 0 Å². The van der Waals surface area contributed by atoms with Crippen LogP contribution in [-0.2, 0) is 4.74 Å². The molecule has 0 radical (unpaired) electrons. The van der Waals surface area contributed by atoms with E-state index in [1.807, 2.05) is 6.92 Å². The fourth-order valence-electron chi connectivity index (χ4n) is 2.10. The van der Waals surface area contributed by atoms with Gasteiger partial charge in [-0.05, 0) is 18.6 Å². The number of nitrogens with one attached hydrogen (secondary N) is 1. The fraction of sp³-hybridized carbons (Fsp3) is 0.267. The molecule has 5 nitrogen and oxygen atoms in total. The highest BCUT2D eigenvalue weighted by molar-refractivity contribution is 6.05. The van der Waals surface area contributed by atoms with Crippen molar-refractivity contribution < 1.29 is 14.3 Å². The molecule has 104 valence electrons. The summed E-state index contributed by atoms with van der Waals surface area (Å²) in [4.78, 5) is 38.7. The van der Waals surface area contributed by atoms with Gasteiger partial charge in [-0.25, -0.2) is 4.79 Å². The number of para-hydroxylation sites is 1. The predicted octanol–water partition coefficient (Wildman–Crippen LogP) is 2.30. The Balaban J connectivity index is 2.67. The molecule has 1 aromatic heterocycles. The Hall–Kier alpha value is -2.43. The van der Waals surface area contributed by atoms with E-state index in [4.69, 9.17) is 0 Å². The van der Waals surface area contributed by atoms with Crippen LogP contribution in [0.1, 0.15) is 40.5 Å². The molecule has 0 aliphatic rings. The number of fused-ring (bicyclic) bond motifs is 1. The lowest BCUT2D eigenvalue weighted by molar-refractivity contribution is 0.0602. The van der Waals surface area contributed by atoms with Crippen LogP contribution in [-0.4, -0.2) is 23.8 Å². The number of methoxy groups -OCH3 is 1. The van der Waals surface area contributed by atoms with Gasteiger partial charge < -0.3 is 9.72 Å². The number of carbonyl (C=O) groups excluding carboxylic acids is 2. The number of ketones is 1. The third-order valence-electron chi connectivity index (χ3n) is 3.10. The Bertz CT molecular complexity index is 730. The van der Waals surface area contributed by atoms with E-state index in [0.29, 0.717) is 23.7 Å². The van der Waals surface area contributed by atoms with Crippen LogP contribution >= 0.6 is 0 Å². The van der Waals surface area contributed by atoms with E-state index in [0.717, 1.165) is 0 Å². The highest BCUT2D eigenvalue weighted by Crippen LogP contribution is 2.15. The van der Waals surface area contributed by atoms with E-state index in [1.165, 1.54) is 13.3 Å². The molecular formula is C15H15NO4. The average molecular weight is 273 g/mol. The van der Waals surface area contributed by atoms with Crippen molar-refractivity contribution in [2.45, 2.75) is 19.8 Å². The van der Waals surface area contributed by atoms with Gasteiger partial charge in [0.2, 0.25) is 0 Å². The van der Waals surface area contributed by atoms with E-state index in [1.54, 1.807) is 18.2 Å². The maximum absolute atomic E-state index is 12.3. The molecule has 0 amide bonds. The van der Waals surface area contributed by atoms with Crippen molar-refractivity contribution in [2.75, 3.05) is 7.11 Å². The number of Topliss-reactive ketones (excluding diaryl/α,β-unsaturated/α-hetero) is 1. The van der Waals surface area contributed by atoms with E-state index in [9.17, 15) is 14.4 Å². The summed E-state index contributed by atoms with van der Waals surface area (Å²) in [5.41, 5.74) is 0.429. The number of carbonyl (C=O) groups is 2. The molecule has 0 aliphatic carbocycles. The maximum Gasteiger partial charge on any atom is 0.339 e. The topological polar surface area (TPSA) is 76.2 Å². The molecule has 20 heavy (non-hydrogen) atoms. The molecule has 0 unspecified atom stereocenters. The predicted molar refractivity (Wildman–Crippen MR) is 75.1 cm³/mol. The first-order valence-electron chi connectivity index (χ1n) is 6.36. The van der Waals surface area contributed by atoms with Crippen molar-refractivity contribution in [3.05, 3.63) is 45.7 Å². The molecular weight excluding hydrogens is 258 g/mol. The van der Waals surface area contributed by atoms with Crippen LogP contribution < -0.4 is 5.43 Å². The number of pyridine rings is 1. The quantitative estimate of drug-likeness (QED) is 0.685. The SMILES string of the molecule is CCCC(=O)c1c[nH]c2c(C(=O)OC)cccc2c1=O. The maximum atomic E-state index is 12.3. The van der Waals surface area contributed by atoms with Crippen LogP contribution in [0.4, 0.5) is 0 Å². The van der Waals surface area contributed by atoms with Gasteiger partial charge in [-0.15, -0.1) is 0 Å². The summed E-state index contributed by atoms with van der Waals surface area (Å²) in [6.07, 6.45) is 2.37. The van der Waals surface area contributed by atoms with Gasteiger partial charge in [0.1, 0.15) is 0 Å². The van der Waals surface area contributed by atoms with E-state index in [2.05, 4.69) is 9.72 Å². The number of aromatic amines is 1. The van der Waals surface area contributed by atoms with Gasteiger partial charge in [0.25, 0.3) is 0 Å². The second-order valence-corrected chi connectivity index (χ2v) is 4.42. The largest absolute Gasteiger partial charge is 0.465 e. The van der Waals surface area contributed by atoms with Gasteiger partial charge in [-0.2, -0.15) is 0 Å². The Labute approximate surface area is 115 Å². The van der Waals surface area contributed by atoms with Crippen LogP contribution in [0, 0.1) is 0 Å². The van der Waals surface area contributed by atoms with Gasteiger partial charge in [-0.3, -0.25) is 9.59 Å². The second kappa shape index (κ2) is 5.69. The third-order valence-corrected chi connectivity index (χ3v) is 3.10. The summed E-state index contributed by atoms with van der Waals surface area (Å²) in [6, 6.07) is 4.75. The van der Waals surface area contributed by atoms with Crippen molar-refractivity contribution in [1.82, 2.24) is 4.98 Å². The number of hydrogen-bond acceptors (Lipinski definition) is 4. The molecule has 0 bridgehead atoms. The van der Waals surface area contributed by atoms with Crippen LogP contribution in [0.25, 0.3) is 10.9 Å². The Morgan fingerprint density at radius 2 is 2.00 bits per heavy atom. The minimum atomic E-state index is -0.529. The average Bonchev–Trinajstić information content (AvgIpc) is 2.46. The third kappa shape index (κ3) is 2.34. The van der Waals surface area contributed by atoms with Gasteiger partial charge in [0.15, 0.2) is 11.2 Å². The lowest BCUT2D eigenvalue weighted by Gasteiger charge is -2.06. The normalized spacial score (nSPS) is 10.5. The van der Waals surface area contributed by atoms with E-state index >= 15 is 0 Å². The highest BCUT2D eigenvalue weighted by Gasteiger charge is 2.16. The molecule has 0 spiro atoms. The van der Waals surface area contributed by atoms with Gasteiger partial charge >= 0.3 is 5.97 Å². The van der Waals surface area contributed by atoms with Crippen LogP contribution in [0.3, 0.4) is 0 Å². The summed E-state index contributed by atoms with van der Waals surface area (Å²) in [5, 5.41) is 0.315. The van der Waals surface area contributed by atoms with E-state index < -0.39 is 5.97 Å². The Morgan fingerprint density at radius 1 is 1.25 bits per heavy atom. The zero-order valence-corrected chi connectivity index (χ0v) is 11.4. The summed E-state index contributed by atoms with van der Waals surface area (Å²) >= 11 is 0. The van der Waals surface area contributed by atoms with Crippen molar-refractivity contribution in [2.24, 2.45) is 0 Å². The number of esters is 1. The molecule has 1 N–H and O–H groups in total. The van der Waals surface area contributed by atoms with Crippen molar-refractivity contribution in [1.29, 1.82) is 0 Å². The van der Waals surface area contributed by atoms with Gasteiger partial charge in [-0.1, -0.05) is 13.0 Å². The number of H-pyrrole nitrogens is 1. The smallest absolute Gasteiger partial charge is 0.339 e. The lowest BCUT2D eigenvalue weighted by Crippen LogP contribution is -2.17. The van der Waals surface area contributed by atoms with Crippen molar-refractivity contribution in [3.8, 4) is 0 Å². The molecule has 0 fully saturated rings. The summed E-state index contributed by atoms with van der Waals surface area (Å²) in [6.45, 7) is 1.88. The molecule has 0 atom stereocenters. The number of benzene rings is 1. The molecule has 2 aromatic rings. The monoisotopic (exact) mass is 273 g/mol. The number of hydrogen-bond donors (Lipinski definition) is 1. The first-order chi connectivity index (χ1) is 9.60. The Morgan fingerprint density at radius 3 is 2.65 bits per heavy atom. The van der Waals surface area contributed by atoms with E-state index in [-0.39, 0.29) is 22.3 Å². The minimum absolute atomic E-state index is 0.126. The minimum Gasteiger partial charge on any atom is -0.465 e. The molecule has 1 aromatic carbocycles. The molecule has 1 heterocycles. The molecule has 2 rings (SSSR count). The van der Waals surface area contributed by atoms with Gasteiger partial charge in [0.05, 0.1) is 23.8 Å². The standard InChI is InChI=1S/C15H15NO4/c1-3-5-12(17)11-8-16-13-9(14(11)18)6-4-7-10(13)15(19)20-2/h4,6-8H,3,5H2,1-2H3,(H,16,18). The Kier molecular flexibility index (Phi) is 3.98. The second-order valence-electron chi connectivity index (χ2n) is 4.42. The molecule has 0 saturated heterocycles. The lowest BCUT2D eigenvalue weighted by atomic mass is 10.0. The summed E-state index contributed by atoms with van der Waals surface area (Å²) in [7, 11) is 1.28. The van der Waals surface area contributed by atoms with Crippen molar-refractivity contribution >= 4 is 22.7 Å². The van der Waals surface area contributed by atoms with Crippen LogP contribution in [0.15, 0.2) is 29.2 Å². The summed E-state index contributed by atoms with van der Waals surface area (Å²) in [5.74, 6) is -0.724. The molecule has 0 saturated carbocycles. The summed E-state index contributed by atoms with van der Waals surface area (Å²) < 4.78 is 4.67. The number of ether oxygens (including phenoxy) is 1. The molecule has 0 aliphatic heterocycles. The number of rotatable bonds is 4. The number of aromatic nitrogens is 1. The first kappa shape index (κ1) is 14.0. The highest BCUT2D eigenvalue weighted by atomic mass is 16.5. The van der Waals surface area contributed by atoms with Crippen LogP contribution in [0.2, 0.25) is 0 Å². The molecule has 5 heteroatoms. The zero-order chi connectivity index (χ0) is 14.7.